The minimum Gasteiger partial charge on any atom is -0.315 e. The van der Waals surface area contributed by atoms with Crippen molar-refractivity contribution in [2.75, 3.05) is 20.1 Å². The van der Waals surface area contributed by atoms with Crippen LogP contribution in [0.1, 0.15) is 33.3 Å². The molecule has 0 spiro atoms. The van der Waals surface area contributed by atoms with Crippen LogP contribution in [0.5, 0.6) is 0 Å². The SMILES string of the molecule is CCN(CC)C(C)(C)C(Cc1ccc(Cl)cc1Cl)NC. The van der Waals surface area contributed by atoms with Gasteiger partial charge in [-0.05, 0) is 58.1 Å². The number of halogens is 2. The fourth-order valence-electron chi connectivity index (χ4n) is 2.87. The molecule has 0 aliphatic heterocycles. The molecule has 0 fully saturated rings. The molecule has 1 N–H and O–H groups in total. The third kappa shape index (κ3) is 4.11. The van der Waals surface area contributed by atoms with Crippen molar-refractivity contribution in [2.45, 2.75) is 45.7 Å². The fraction of sp³-hybridized carbons (Fsp3) is 0.625. The van der Waals surface area contributed by atoms with Crippen molar-refractivity contribution < 1.29 is 0 Å². The van der Waals surface area contributed by atoms with Gasteiger partial charge in [0.2, 0.25) is 0 Å². The molecule has 0 saturated heterocycles. The molecule has 0 aliphatic rings. The normalized spacial score (nSPS) is 13.8. The van der Waals surface area contributed by atoms with Crippen LogP contribution < -0.4 is 5.32 Å². The molecule has 0 bridgehead atoms. The third-order valence-corrected chi connectivity index (χ3v) is 4.81. The maximum atomic E-state index is 6.30. The molecule has 114 valence electrons. The molecule has 1 atom stereocenters. The average Bonchev–Trinajstić information content (AvgIpc) is 2.38. The lowest BCUT2D eigenvalue weighted by Crippen LogP contribution is -2.57. The lowest BCUT2D eigenvalue weighted by Gasteiger charge is -2.43. The first kappa shape index (κ1) is 17.8. The van der Waals surface area contributed by atoms with Crippen molar-refractivity contribution >= 4 is 23.2 Å². The van der Waals surface area contributed by atoms with E-state index in [4.69, 9.17) is 23.2 Å². The van der Waals surface area contributed by atoms with E-state index in [0.717, 1.165) is 30.1 Å². The molecule has 0 aromatic heterocycles. The van der Waals surface area contributed by atoms with Crippen LogP contribution in [0.2, 0.25) is 10.0 Å². The average molecular weight is 317 g/mol. The van der Waals surface area contributed by atoms with Crippen molar-refractivity contribution in [3.63, 3.8) is 0 Å². The molecule has 1 aromatic rings. The van der Waals surface area contributed by atoms with E-state index < -0.39 is 0 Å². The molecular weight excluding hydrogens is 291 g/mol. The van der Waals surface area contributed by atoms with Crippen molar-refractivity contribution in [3.05, 3.63) is 33.8 Å². The van der Waals surface area contributed by atoms with Crippen molar-refractivity contribution in [1.29, 1.82) is 0 Å². The first-order valence-electron chi connectivity index (χ1n) is 7.23. The Morgan fingerprint density at radius 3 is 2.25 bits per heavy atom. The quantitative estimate of drug-likeness (QED) is 0.809. The van der Waals surface area contributed by atoms with E-state index in [0.29, 0.717) is 11.1 Å². The standard InChI is InChI=1S/C16H26Cl2N2/c1-6-20(7-2)16(3,4)15(19-5)10-12-8-9-13(17)11-14(12)18/h8-9,11,15,19H,6-7,10H2,1-5H3. The molecule has 0 amide bonds. The molecule has 20 heavy (non-hydrogen) atoms. The topological polar surface area (TPSA) is 15.3 Å². The van der Waals surface area contributed by atoms with E-state index in [-0.39, 0.29) is 5.54 Å². The molecule has 0 radical (unpaired) electrons. The van der Waals surface area contributed by atoms with E-state index in [1.54, 1.807) is 0 Å². The second kappa shape index (κ2) is 7.65. The van der Waals surface area contributed by atoms with Crippen LogP contribution in [0.3, 0.4) is 0 Å². The van der Waals surface area contributed by atoms with Gasteiger partial charge in [0.1, 0.15) is 0 Å². The number of nitrogens with one attached hydrogen (secondary N) is 1. The van der Waals surface area contributed by atoms with Crippen molar-refractivity contribution in [2.24, 2.45) is 0 Å². The summed E-state index contributed by atoms with van der Waals surface area (Å²) in [5.41, 5.74) is 1.19. The highest BCUT2D eigenvalue weighted by atomic mass is 35.5. The summed E-state index contributed by atoms with van der Waals surface area (Å²) in [4.78, 5) is 2.47. The van der Waals surface area contributed by atoms with Crippen LogP contribution in [0.25, 0.3) is 0 Å². The van der Waals surface area contributed by atoms with Gasteiger partial charge in [-0.1, -0.05) is 43.1 Å². The Morgan fingerprint density at radius 2 is 1.80 bits per heavy atom. The minimum absolute atomic E-state index is 0.0568. The lowest BCUT2D eigenvalue weighted by atomic mass is 9.87. The largest absolute Gasteiger partial charge is 0.315 e. The highest BCUT2D eigenvalue weighted by molar-refractivity contribution is 6.35. The van der Waals surface area contributed by atoms with Gasteiger partial charge in [0, 0.05) is 21.6 Å². The number of benzene rings is 1. The predicted molar refractivity (Wildman–Crippen MR) is 90.0 cm³/mol. The fourth-order valence-corrected chi connectivity index (χ4v) is 3.36. The molecule has 0 aliphatic carbocycles. The molecule has 1 rings (SSSR count). The van der Waals surface area contributed by atoms with Gasteiger partial charge in [-0.15, -0.1) is 0 Å². The summed E-state index contributed by atoms with van der Waals surface area (Å²) in [5.74, 6) is 0. The summed E-state index contributed by atoms with van der Waals surface area (Å²) in [5, 5.41) is 4.88. The van der Waals surface area contributed by atoms with Gasteiger partial charge in [-0.2, -0.15) is 0 Å². The zero-order chi connectivity index (χ0) is 15.3. The summed E-state index contributed by atoms with van der Waals surface area (Å²) < 4.78 is 0. The van der Waals surface area contributed by atoms with Gasteiger partial charge in [-0.25, -0.2) is 0 Å². The number of hydrogen-bond acceptors (Lipinski definition) is 2. The number of rotatable bonds is 7. The Kier molecular flexibility index (Phi) is 6.80. The lowest BCUT2D eigenvalue weighted by molar-refractivity contribution is 0.0944. The van der Waals surface area contributed by atoms with Gasteiger partial charge < -0.3 is 5.32 Å². The first-order valence-corrected chi connectivity index (χ1v) is 7.98. The maximum absolute atomic E-state index is 6.30. The van der Waals surface area contributed by atoms with Gasteiger partial charge in [-0.3, -0.25) is 4.90 Å². The van der Waals surface area contributed by atoms with Gasteiger partial charge >= 0.3 is 0 Å². The zero-order valence-electron chi connectivity index (χ0n) is 13.1. The van der Waals surface area contributed by atoms with Gasteiger partial charge in [0.25, 0.3) is 0 Å². The third-order valence-electron chi connectivity index (χ3n) is 4.22. The second-order valence-electron chi connectivity index (χ2n) is 5.61. The minimum atomic E-state index is 0.0568. The highest BCUT2D eigenvalue weighted by Crippen LogP contribution is 2.26. The first-order chi connectivity index (χ1) is 9.36. The number of nitrogens with zero attached hydrogens (tertiary/aromatic N) is 1. The molecule has 2 nitrogen and oxygen atoms in total. The van der Waals surface area contributed by atoms with E-state index in [2.05, 4.69) is 37.9 Å². The van der Waals surface area contributed by atoms with Crippen LogP contribution in [0, 0.1) is 0 Å². The monoisotopic (exact) mass is 316 g/mol. The second-order valence-corrected chi connectivity index (χ2v) is 6.45. The molecule has 0 saturated carbocycles. The Morgan fingerprint density at radius 1 is 1.20 bits per heavy atom. The number of hydrogen-bond donors (Lipinski definition) is 1. The summed E-state index contributed by atoms with van der Waals surface area (Å²) >= 11 is 12.3. The zero-order valence-corrected chi connectivity index (χ0v) is 14.6. The molecule has 0 heterocycles. The Balaban J connectivity index is 2.96. The number of likely N-dealkylation sites (N-methyl/N-ethyl adjacent to an activating group) is 2. The summed E-state index contributed by atoms with van der Waals surface area (Å²) in [6.45, 7) is 11.0. The van der Waals surface area contributed by atoms with Crippen LogP contribution >= 0.6 is 23.2 Å². The molecule has 4 heteroatoms. The van der Waals surface area contributed by atoms with E-state index in [1.165, 1.54) is 0 Å². The Bertz CT molecular complexity index is 428. The van der Waals surface area contributed by atoms with Gasteiger partial charge in [0.05, 0.1) is 0 Å². The summed E-state index contributed by atoms with van der Waals surface area (Å²) in [6, 6.07) is 6.06. The van der Waals surface area contributed by atoms with E-state index in [9.17, 15) is 0 Å². The van der Waals surface area contributed by atoms with Crippen LogP contribution in [-0.2, 0) is 6.42 Å². The van der Waals surface area contributed by atoms with E-state index >= 15 is 0 Å². The van der Waals surface area contributed by atoms with Crippen molar-refractivity contribution in [3.8, 4) is 0 Å². The smallest absolute Gasteiger partial charge is 0.0453 e. The van der Waals surface area contributed by atoms with Gasteiger partial charge in [0.15, 0.2) is 0 Å². The van der Waals surface area contributed by atoms with Crippen LogP contribution in [-0.4, -0.2) is 36.6 Å². The predicted octanol–water partition coefficient (Wildman–Crippen LogP) is 4.24. The summed E-state index contributed by atoms with van der Waals surface area (Å²) in [7, 11) is 2.01. The Hall–Kier alpha value is -0.280. The Labute approximate surface area is 133 Å². The maximum Gasteiger partial charge on any atom is 0.0453 e. The van der Waals surface area contributed by atoms with Crippen LogP contribution in [0.4, 0.5) is 0 Å². The van der Waals surface area contributed by atoms with E-state index in [1.807, 2.05) is 25.2 Å². The highest BCUT2D eigenvalue weighted by Gasteiger charge is 2.33. The molecule has 1 aromatic carbocycles. The molecule has 1 unspecified atom stereocenters. The van der Waals surface area contributed by atoms with Crippen molar-refractivity contribution in [1.82, 2.24) is 10.2 Å². The summed E-state index contributed by atoms with van der Waals surface area (Å²) in [6.07, 6.45) is 0.885. The van der Waals surface area contributed by atoms with Crippen LogP contribution in [0.15, 0.2) is 18.2 Å². The molecular formula is C16H26Cl2N2.